The zero-order chi connectivity index (χ0) is 14.7. The summed E-state index contributed by atoms with van der Waals surface area (Å²) in [6, 6.07) is 7.85. The fraction of sp³-hybridized carbons (Fsp3) is 0.429. The molecule has 1 unspecified atom stereocenters. The van der Waals surface area contributed by atoms with Crippen LogP contribution in [-0.4, -0.2) is 38.7 Å². The van der Waals surface area contributed by atoms with Gasteiger partial charge in [-0.25, -0.2) is 4.68 Å². The average Bonchev–Trinajstić information content (AvgIpc) is 3.10. The standard InChI is InChI=1S/C14H18N6O/c1-20-14(17-18-19-20)10-4-2-5-12(8-10)16-13(21)9-11-6-3-7-15-11/h2,4-5,8,11,15H,3,6-7,9H2,1H3,(H,16,21). The van der Waals surface area contributed by atoms with Crippen LogP contribution in [0, 0.1) is 0 Å². The number of tetrazole rings is 1. The van der Waals surface area contributed by atoms with Crippen molar-refractivity contribution in [1.82, 2.24) is 25.5 Å². The number of aromatic nitrogens is 4. The minimum atomic E-state index is 0.0302. The fourth-order valence-corrected chi connectivity index (χ4v) is 2.58. The van der Waals surface area contributed by atoms with E-state index in [1.807, 2.05) is 24.3 Å². The summed E-state index contributed by atoms with van der Waals surface area (Å²) in [6.07, 6.45) is 2.72. The minimum absolute atomic E-state index is 0.0302. The molecule has 1 saturated heterocycles. The van der Waals surface area contributed by atoms with Gasteiger partial charge in [0.05, 0.1) is 0 Å². The molecule has 0 bridgehead atoms. The van der Waals surface area contributed by atoms with Gasteiger partial charge in [-0.2, -0.15) is 0 Å². The first kappa shape index (κ1) is 13.7. The minimum Gasteiger partial charge on any atom is -0.326 e. The smallest absolute Gasteiger partial charge is 0.225 e. The molecule has 21 heavy (non-hydrogen) atoms. The van der Waals surface area contributed by atoms with Gasteiger partial charge in [-0.3, -0.25) is 4.79 Å². The first-order valence-corrected chi connectivity index (χ1v) is 7.08. The van der Waals surface area contributed by atoms with E-state index in [-0.39, 0.29) is 5.91 Å². The zero-order valence-electron chi connectivity index (χ0n) is 11.9. The summed E-state index contributed by atoms with van der Waals surface area (Å²) in [7, 11) is 1.78. The molecule has 2 aromatic rings. The first-order valence-electron chi connectivity index (χ1n) is 7.08. The number of hydrogen-bond acceptors (Lipinski definition) is 5. The van der Waals surface area contributed by atoms with Crippen molar-refractivity contribution in [2.24, 2.45) is 7.05 Å². The van der Waals surface area contributed by atoms with Crippen molar-refractivity contribution in [3.8, 4) is 11.4 Å². The third kappa shape index (κ3) is 3.25. The van der Waals surface area contributed by atoms with E-state index >= 15 is 0 Å². The maximum atomic E-state index is 12.0. The van der Waals surface area contributed by atoms with Crippen LogP contribution >= 0.6 is 0 Å². The molecule has 7 heteroatoms. The molecule has 2 heterocycles. The summed E-state index contributed by atoms with van der Waals surface area (Å²) >= 11 is 0. The van der Waals surface area contributed by atoms with Gasteiger partial charge in [-0.1, -0.05) is 12.1 Å². The number of hydrogen-bond donors (Lipinski definition) is 2. The predicted molar refractivity (Wildman–Crippen MR) is 78.5 cm³/mol. The number of rotatable bonds is 4. The largest absolute Gasteiger partial charge is 0.326 e. The molecule has 1 fully saturated rings. The van der Waals surface area contributed by atoms with E-state index < -0.39 is 0 Å². The predicted octanol–water partition coefficient (Wildman–Crippen LogP) is 0.958. The number of anilines is 1. The molecule has 0 aliphatic carbocycles. The van der Waals surface area contributed by atoms with Gasteiger partial charge in [-0.05, 0) is 41.9 Å². The van der Waals surface area contributed by atoms with Crippen molar-refractivity contribution in [3.63, 3.8) is 0 Å². The highest BCUT2D eigenvalue weighted by molar-refractivity contribution is 5.91. The number of carbonyl (C=O) groups is 1. The first-order chi connectivity index (χ1) is 10.2. The molecule has 3 rings (SSSR count). The van der Waals surface area contributed by atoms with E-state index in [2.05, 4.69) is 26.2 Å². The lowest BCUT2D eigenvalue weighted by atomic mass is 10.1. The third-order valence-corrected chi connectivity index (χ3v) is 3.62. The summed E-state index contributed by atoms with van der Waals surface area (Å²) in [6.45, 7) is 1.01. The molecule has 7 nitrogen and oxygen atoms in total. The summed E-state index contributed by atoms with van der Waals surface area (Å²) in [5, 5.41) is 17.7. The van der Waals surface area contributed by atoms with Crippen LogP contribution in [0.15, 0.2) is 24.3 Å². The second-order valence-electron chi connectivity index (χ2n) is 5.25. The highest BCUT2D eigenvalue weighted by Gasteiger charge is 2.17. The van der Waals surface area contributed by atoms with Crippen LogP contribution in [0.4, 0.5) is 5.69 Å². The Morgan fingerprint density at radius 3 is 3.14 bits per heavy atom. The van der Waals surface area contributed by atoms with Crippen LogP contribution in [0.2, 0.25) is 0 Å². The number of nitrogens with one attached hydrogen (secondary N) is 2. The highest BCUT2D eigenvalue weighted by Crippen LogP contribution is 2.20. The van der Waals surface area contributed by atoms with Gasteiger partial charge in [0, 0.05) is 30.8 Å². The Kier molecular flexibility index (Phi) is 3.92. The quantitative estimate of drug-likeness (QED) is 0.874. The molecule has 0 saturated carbocycles. The molecule has 1 aliphatic heterocycles. The second kappa shape index (κ2) is 6.01. The van der Waals surface area contributed by atoms with Gasteiger partial charge in [-0.15, -0.1) is 5.10 Å². The molecule has 110 valence electrons. The van der Waals surface area contributed by atoms with E-state index in [9.17, 15) is 4.79 Å². The molecular weight excluding hydrogens is 268 g/mol. The number of amides is 1. The molecule has 0 radical (unpaired) electrons. The molecule has 0 spiro atoms. The number of nitrogens with zero attached hydrogens (tertiary/aromatic N) is 4. The Hall–Kier alpha value is -2.28. The van der Waals surface area contributed by atoms with Crippen molar-refractivity contribution in [3.05, 3.63) is 24.3 Å². The Bertz CT molecular complexity index is 632. The normalized spacial score (nSPS) is 17.9. The zero-order valence-corrected chi connectivity index (χ0v) is 11.9. The highest BCUT2D eigenvalue weighted by atomic mass is 16.1. The molecule has 1 amide bonds. The van der Waals surface area contributed by atoms with Gasteiger partial charge >= 0.3 is 0 Å². The van der Waals surface area contributed by atoms with E-state index in [0.29, 0.717) is 18.3 Å². The van der Waals surface area contributed by atoms with Crippen molar-refractivity contribution >= 4 is 11.6 Å². The van der Waals surface area contributed by atoms with E-state index in [4.69, 9.17) is 0 Å². The van der Waals surface area contributed by atoms with Gasteiger partial charge in [0.2, 0.25) is 5.91 Å². The van der Waals surface area contributed by atoms with Crippen molar-refractivity contribution in [2.75, 3.05) is 11.9 Å². The Morgan fingerprint density at radius 1 is 1.52 bits per heavy atom. The molecular formula is C14H18N6O. The van der Waals surface area contributed by atoms with Gasteiger partial charge in [0.1, 0.15) is 0 Å². The monoisotopic (exact) mass is 286 g/mol. The summed E-state index contributed by atoms with van der Waals surface area (Å²) in [5.74, 6) is 0.700. The number of carbonyl (C=O) groups excluding carboxylic acids is 1. The van der Waals surface area contributed by atoms with Crippen LogP contribution < -0.4 is 10.6 Å². The van der Waals surface area contributed by atoms with Crippen molar-refractivity contribution in [2.45, 2.75) is 25.3 Å². The van der Waals surface area contributed by atoms with Gasteiger partial charge < -0.3 is 10.6 Å². The maximum absolute atomic E-state index is 12.0. The Morgan fingerprint density at radius 2 is 2.43 bits per heavy atom. The summed E-state index contributed by atoms with van der Waals surface area (Å²) < 4.78 is 1.60. The van der Waals surface area contributed by atoms with E-state index in [0.717, 1.165) is 30.6 Å². The molecule has 1 aromatic carbocycles. The van der Waals surface area contributed by atoms with Gasteiger partial charge in [0.25, 0.3) is 0 Å². The number of aryl methyl sites for hydroxylation is 1. The lowest BCUT2D eigenvalue weighted by Gasteiger charge is -2.11. The molecule has 2 N–H and O–H groups in total. The van der Waals surface area contributed by atoms with Crippen LogP contribution in [0.1, 0.15) is 19.3 Å². The second-order valence-corrected chi connectivity index (χ2v) is 5.25. The van der Waals surface area contributed by atoms with Crippen LogP contribution in [0.25, 0.3) is 11.4 Å². The van der Waals surface area contributed by atoms with Gasteiger partial charge in [0.15, 0.2) is 5.82 Å². The lowest BCUT2D eigenvalue weighted by Crippen LogP contribution is -2.27. The lowest BCUT2D eigenvalue weighted by molar-refractivity contribution is -0.116. The third-order valence-electron chi connectivity index (χ3n) is 3.62. The van der Waals surface area contributed by atoms with E-state index in [1.54, 1.807) is 11.7 Å². The molecule has 1 aromatic heterocycles. The van der Waals surface area contributed by atoms with Crippen LogP contribution in [0.5, 0.6) is 0 Å². The van der Waals surface area contributed by atoms with Crippen LogP contribution in [-0.2, 0) is 11.8 Å². The fourth-order valence-electron chi connectivity index (χ4n) is 2.58. The van der Waals surface area contributed by atoms with Crippen molar-refractivity contribution in [1.29, 1.82) is 0 Å². The maximum Gasteiger partial charge on any atom is 0.225 e. The average molecular weight is 286 g/mol. The molecule has 1 aliphatic rings. The number of benzene rings is 1. The van der Waals surface area contributed by atoms with Crippen molar-refractivity contribution < 1.29 is 4.79 Å². The van der Waals surface area contributed by atoms with Crippen LogP contribution in [0.3, 0.4) is 0 Å². The summed E-state index contributed by atoms with van der Waals surface area (Å²) in [4.78, 5) is 12.0. The Balaban J connectivity index is 1.68. The van der Waals surface area contributed by atoms with E-state index in [1.165, 1.54) is 0 Å². The summed E-state index contributed by atoms with van der Waals surface area (Å²) in [5.41, 5.74) is 1.64. The molecule has 1 atom stereocenters. The Labute approximate surface area is 122 Å². The SMILES string of the molecule is Cn1nnnc1-c1cccc(NC(=O)CC2CCCN2)c1. The topological polar surface area (TPSA) is 84.7 Å².